The Bertz CT molecular complexity index is 396. The van der Waals surface area contributed by atoms with Crippen molar-refractivity contribution in [2.75, 3.05) is 18.0 Å². The van der Waals surface area contributed by atoms with Gasteiger partial charge in [-0.15, -0.1) is 0 Å². The zero-order valence-corrected chi connectivity index (χ0v) is 12.1. The van der Waals surface area contributed by atoms with E-state index in [-0.39, 0.29) is 5.82 Å². The van der Waals surface area contributed by atoms with Crippen LogP contribution in [-0.2, 0) is 6.54 Å². The average Bonchev–Trinajstić information content (AvgIpc) is 3.20. The van der Waals surface area contributed by atoms with E-state index in [4.69, 9.17) is 0 Å². The van der Waals surface area contributed by atoms with Crippen molar-refractivity contribution < 1.29 is 4.39 Å². The summed E-state index contributed by atoms with van der Waals surface area (Å²) in [6.45, 7) is 6.89. The number of nitrogens with one attached hydrogen (secondary N) is 1. The number of hydrogen-bond donors (Lipinski definition) is 1. The molecule has 1 aromatic rings. The van der Waals surface area contributed by atoms with E-state index in [1.807, 2.05) is 12.1 Å². The van der Waals surface area contributed by atoms with Gasteiger partial charge in [0.15, 0.2) is 0 Å². The predicted molar refractivity (Wildman–Crippen MR) is 79.1 cm³/mol. The molecule has 0 aromatic heterocycles. The van der Waals surface area contributed by atoms with Gasteiger partial charge in [-0.3, -0.25) is 0 Å². The third-order valence-corrected chi connectivity index (χ3v) is 3.51. The molecular formula is C16H25FN2. The van der Waals surface area contributed by atoms with Crippen LogP contribution in [0.3, 0.4) is 0 Å². The Morgan fingerprint density at radius 3 is 2.42 bits per heavy atom. The maximum absolute atomic E-state index is 14.2. The molecule has 19 heavy (non-hydrogen) atoms. The Kier molecular flexibility index (Phi) is 5.20. The molecule has 1 saturated carbocycles. The summed E-state index contributed by atoms with van der Waals surface area (Å²) in [7, 11) is 0. The highest BCUT2D eigenvalue weighted by Gasteiger charge is 2.20. The van der Waals surface area contributed by atoms with Crippen LogP contribution in [-0.4, -0.2) is 19.1 Å². The minimum atomic E-state index is -0.0861. The van der Waals surface area contributed by atoms with Crippen molar-refractivity contribution in [3.8, 4) is 0 Å². The molecule has 106 valence electrons. The van der Waals surface area contributed by atoms with E-state index in [0.717, 1.165) is 43.7 Å². The summed E-state index contributed by atoms with van der Waals surface area (Å²) in [5, 5.41) is 3.42. The highest BCUT2D eigenvalue weighted by atomic mass is 19.1. The fourth-order valence-corrected chi connectivity index (χ4v) is 2.36. The maximum atomic E-state index is 14.2. The molecule has 0 aliphatic heterocycles. The first kappa shape index (κ1) is 14.3. The summed E-state index contributed by atoms with van der Waals surface area (Å²) in [6.07, 6.45) is 4.62. The van der Waals surface area contributed by atoms with Crippen LogP contribution >= 0.6 is 0 Å². The summed E-state index contributed by atoms with van der Waals surface area (Å²) in [5.41, 5.74) is 1.79. The fraction of sp³-hybridized carbons (Fsp3) is 0.625. The van der Waals surface area contributed by atoms with Crippen molar-refractivity contribution in [2.24, 2.45) is 0 Å². The second-order valence-corrected chi connectivity index (χ2v) is 5.43. The number of benzene rings is 1. The van der Waals surface area contributed by atoms with Crippen LogP contribution in [0.15, 0.2) is 18.2 Å². The average molecular weight is 264 g/mol. The molecule has 1 aliphatic carbocycles. The van der Waals surface area contributed by atoms with Crippen LogP contribution in [0.25, 0.3) is 0 Å². The van der Waals surface area contributed by atoms with Gasteiger partial charge in [-0.2, -0.15) is 0 Å². The largest absolute Gasteiger partial charge is 0.369 e. The lowest BCUT2D eigenvalue weighted by atomic mass is 10.1. The lowest BCUT2D eigenvalue weighted by molar-refractivity contribution is 0.607. The molecular weight excluding hydrogens is 239 g/mol. The van der Waals surface area contributed by atoms with Gasteiger partial charge >= 0.3 is 0 Å². The first-order chi connectivity index (χ1) is 9.24. The number of rotatable bonds is 8. The number of nitrogens with zero attached hydrogens (tertiary/aromatic N) is 1. The molecule has 0 heterocycles. The molecule has 0 spiro atoms. The van der Waals surface area contributed by atoms with Gasteiger partial charge in [0, 0.05) is 25.7 Å². The van der Waals surface area contributed by atoms with Crippen LogP contribution in [0.2, 0.25) is 0 Å². The zero-order chi connectivity index (χ0) is 13.7. The molecule has 2 rings (SSSR count). The third kappa shape index (κ3) is 4.20. The van der Waals surface area contributed by atoms with Gasteiger partial charge in [0.2, 0.25) is 0 Å². The van der Waals surface area contributed by atoms with E-state index < -0.39 is 0 Å². The predicted octanol–water partition coefficient (Wildman–Crippen LogP) is 3.70. The van der Waals surface area contributed by atoms with Gasteiger partial charge in [-0.05, 0) is 43.4 Å². The molecule has 0 saturated heterocycles. The summed E-state index contributed by atoms with van der Waals surface area (Å²) in [4.78, 5) is 2.15. The Labute approximate surface area is 116 Å². The van der Waals surface area contributed by atoms with Gasteiger partial charge in [0.05, 0.1) is 5.69 Å². The molecule has 0 amide bonds. The third-order valence-electron chi connectivity index (χ3n) is 3.51. The molecule has 1 fully saturated rings. The maximum Gasteiger partial charge on any atom is 0.146 e. The van der Waals surface area contributed by atoms with E-state index in [0.29, 0.717) is 6.04 Å². The fourth-order valence-electron chi connectivity index (χ4n) is 2.36. The monoisotopic (exact) mass is 264 g/mol. The van der Waals surface area contributed by atoms with E-state index in [1.54, 1.807) is 6.07 Å². The SMILES string of the molecule is CCCN(CCC)c1ccc(CNC2CC2)cc1F. The van der Waals surface area contributed by atoms with Crippen molar-refractivity contribution in [2.45, 2.75) is 52.1 Å². The van der Waals surface area contributed by atoms with Crippen LogP contribution in [0, 0.1) is 5.82 Å². The van der Waals surface area contributed by atoms with Crippen LogP contribution in [0.4, 0.5) is 10.1 Å². The minimum Gasteiger partial charge on any atom is -0.369 e. The van der Waals surface area contributed by atoms with Gasteiger partial charge in [-0.1, -0.05) is 19.9 Å². The number of anilines is 1. The van der Waals surface area contributed by atoms with Crippen LogP contribution in [0.5, 0.6) is 0 Å². The van der Waals surface area contributed by atoms with E-state index in [9.17, 15) is 4.39 Å². The van der Waals surface area contributed by atoms with Gasteiger partial charge in [0.25, 0.3) is 0 Å². The highest BCUT2D eigenvalue weighted by molar-refractivity contribution is 5.49. The number of halogens is 1. The smallest absolute Gasteiger partial charge is 0.146 e. The Hall–Kier alpha value is -1.09. The quantitative estimate of drug-likeness (QED) is 0.770. The Morgan fingerprint density at radius 2 is 1.89 bits per heavy atom. The molecule has 0 radical (unpaired) electrons. The Morgan fingerprint density at radius 1 is 1.21 bits per heavy atom. The topological polar surface area (TPSA) is 15.3 Å². The molecule has 2 nitrogen and oxygen atoms in total. The van der Waals surface area contributed by atoms with Crippen molar-refractivity contribution in [1.82, 2.24) is 5.32 Å². The van der Waals surface area contributed by atoms with Gasteiger partial charge in [-0.25, -0.2) is 4.39 Å². The first-order valence-electron chi connectivity index (χ1n) is 7.51. The summed E-state index contributed by atoms with van der Waals surface area (Å²) >= 11 is 0. The van der Waals surface area contributed by atoms with Crippen LogP contribution in [0.1, 0.15) is 45.1 Å². The second kappa shape index (κ2) is 6.90. The molecule has 1 aromatic carbocycles. The Balaban J connectivity index is 2.02. The lowest BCUT2D eigenvalue weighted by Gasteiger charge is -2.24. The molecule has 0 bridgehead atoms. The van der Waals surface area contributed by atoms with Crippen molar-refractivity contribution in [3.05, 3.63) is 29.6 Å². The van der Waals surface area contributed by atoms with Crippen molar-refractivity contribution in [3.63, 3.8) is 0 Å². The van der Waals surface area contributed by atoms with E-state index in [2.05, 4.69) is 24.1 Å². The highest BCUT2D eigenvalue weighted by Crippen LogP contribution is 2.23. The van der Waals surface area contributed by atoms with Crippen molar-refractivity contribution >= 4 is 5.69 Å². The van der Waals surface area contributed by atoms with Crippen molar-refractivity contribution in [1.29, 1.82) is 0 Å². The summed E-state index contributed by atoms with van der Waals surface area (Å²) in [5.74, 6) is -0.0861. The second-order valence-electron chi connectivity index (χ2n) is 5.43. The van der Waals surface area contributed by atoms with E-state index >= 15 is 0 Å². The zero-order valence-electron chi connectivity index (χ0n) is 12.1. The standard InChI is InChI=1S/C16H25FN2/c1-3-9-19(10-4-2)16-8-5-13(11-15(16)17)12-18-14-6-7-14/h5,8,11,14,18H,3-4,6-7,9-10,12H2,1-2H3. The van der Waals surface area contributed by atoms with Crippen LogP contribution < -0.4 is 10.2 Å². The first-order valence-corrected chi connectivity index (χ1v) is 7.51. The summed E-state index contributed by atoms with van der Waals surface area (Å²) in [6, 6.07) is 6.33. The summed E-state index contributed by atoms with van der Waals surface area (Å²) < 4.78 is 14.2. The molecule has 0 unspecified atom stereocenters. The van der Waals surface area contributed by atoms with Gasteiger partial charge in [0.1, 0.15) is 5.82 Å². The molecule has 1 aliphatic rings. The lowest BCUT2D eigenvalue weighted by Crippen LogP contribution is -2.26. The minimum absolute atomic E-state index is 0.0861. The molecule has 0 atom stereocenters. The molecule has 3 heteroatoms. The normalized spacial score (nSPS) is 14.7. The van der Waals surface area contributed by atoms with Gasteiger partial charge < -0.3 is 10.2 Å². The number of hydrogen-bond acceptors (Lipinski definition) is 2. The van der Waals surface area contributed by atoms with E-state index in [1.165, 1.54) is 12.8 Å². The molecule has 1 N–H and O–H groups in total.